The highest BCUT2D eigenvalue weighted by molar-refractivity contribution is 7.89. The quantitative estimate of drug-likeness (QED) is 0.902. The first kappa shape index (κ1) is 17.1. The molecule has 24 heavy (non-hydrogen) atoms. The van der Waals surface area contributed by atoms with E-state index in [1.807, 2.05) is 18.2 Å². The molecular formula is C17H18ClNO4S. The predicted molar refractivity (Wildman–Crippen MR) is 92.5 cm³/mol. The lowest BCUT2D eigenvalue weighted by atomic mass is 10.0. The van der Waals surface area contributed by atoms with Gasteiger partial charge in [-0.25, -0.2) is 13.1 Å². The maximum absolute atomic E-state index is 12.7. The molecule has 0 aromatic heterocycles. The van der Waals surface area contributed by atoms with Gasteiger partial charge >= 0.3 is 0 Å². The Morgan fingerprint density at radius 1 is 1.29 bits per heavy atom. The summed E-state index contributed by atoms with van der Waals surface area (Å²) < 4.78 is 38.9. The molecule has 1 aliphatic heterocycles. The van der Waals surface area contributed by atoms with Gasteiger partial charge in [0.1, 0.15) is 18.1 Å². The third-order valence-corrected chi connectivity index (χ3v) is 6.08. The predicted octanol–water partition coefficient (Wildman–Crippen LogP) is 2.94. The Labute approximate surface area is 146 Å². The molecule has 128 valence electrons. The van der Waals surface area contributed by atoms with Crippen LogP contribution in [-0.2, 0) is 16.4 Å². The van der Waals surface area contributed by atoms with E-state index < -0.39 is 10.0 Å². The maximum atomic E-state index is 12.7. The maximum Gasteiger partial charge on any atom is 0.241 e. The highest BCUT2D eigenvalue weighted by atomic mass is 35.5. The van der Waals surface area contributed by atoms with Crippen LogP contribution in [0.1, 0.15) is 11.1 Å². The van der Waals surface area contributed by atoms with Gasteiger partial charge in [-0.2, -0.15) is 0 Å². The summed E-state index contributed by atoms with van der Waals surface area (Å²) in [4.78, 5) is 0.187. The van der Waals surface area contributed by atoms with E-state index in [4.69, 9.17) is 21.1 Å². The minimum Gasteiger partial charge on any atom is -0.497 e. The molecule has 3 rings (SSSR count). The normalized spacial score (nSPS) is 17.0. The fourth-order valence-corrected chi connectivity index (χ4v) is 4.45. The molecule has 0 bridgehead atoms. The Morgan fingerprint density at radius 2 is 2.08 bits per heavy atom. The van der Waals surface area contributed by atoms with Crippen LogP contribution >= 0.6 is 11.6 Å². The smallest absolute Gasteiger partial charge is 0.241 e. The van der Waals surface area contributed by atoms with Gasteiger partial charge in [0.25, 0.3) is 0 Å². The summed E-state index contributed by atoms with van der Waals surface area (Å²) in [6.07, 6.45) is 0.533. The molecule has 2 aromatic rings. The zero-order valence-corrected chi connectivity index (χ0v) is 14.9. The van der Waals surface area contributed by atoms with Crippen molar-refractivity contribution in [3.63, 3.8) is 0 Å². The molecule has 5 nitrogen and oxygen atoms in total. The van der Waals surface area contributed by atoms with Crippen molar-refractivity contribution in [1.29, 1.82) is 0 Å². The fraction of sp³-hybridized carbons (Fsp3) is 0.294. The van der Waals surface area contributed by atoms with Crippen LogP contribution in [0, 0.1) is 6.92 Å². The molecule has 0 aliphatic carbocycles. The van der Waals surface area contributed by atoms with E-state index >= 15 is 0 Å². The zero-order chi connectivity index (χ0) is 17.3. The van der Waals surface area contributed by atoms with E-state index in [1.54, 1.807) is 32.2 Å². The largest absolute Gasteiger partial charge is 0.497 e. The van der Waals surface area contributed by atoms with Crippen LogP contribution in [0.3, 0.4) is 0 Å². The topological polar surface area (TPSA) is 64.6 Å². The SMILES string of the molecule is COc1ccc2c(c1)C[C@@H](NS(=O)(=O)c1cccc(Cl)c1C)CO2. The number of methoxy groups -OCH3 is 1. The molecule has 0 spiro atoms. The molecule has 1 aliphatic rings. The average molecular weight is 368 g/mol. The number of rotatable bonds is 4. The van der Waals surface area contributed by atoms with Crippen LogP contribution in [0.5, 0.6) is 11.5 Å². The second-order valence-corrected chi connectivity index (χ2v) is 7.76. The minimum atomic E-state index is -3.68. The lowest BCUT2D eigenvalue weighted by Gasteiger charge is -2.26. The van der Waals surface area contributed by atoms with Gasteiger partial charge < -0.3 is 9.47 Å². The number of hydrogen-bond acceptors (Lipinski definition) is 4. The molecule has 7 heteroatoms. The number of halogens is 1. The Balaban J connectivity index is 1.82. The van der Waals surface area contributed by atoms with Crippen LogP contribution < -0.4 is 14.2 Å². The highest BCUT2D eigenvalue weighted by Gasteiger charge is 2.27. The molecule has 0 amide bonds. The Morgan fingerprint density at radius 3 is 2.83 bits per heavy atom. The van der Waals surface area contributed by atoms with Crippen molar-refractivity contribution < 1.29 is 17.9 Å². The van der Waals surface area contributed by atoms with E-state index in [2.05, 4.69) is 4.72 Å². The van der Waals surface area contributed by atoms with Crippen molar-refractivity contribution in [2.75, 3.05) is 13.7 Å². The lowest BCUT2D eigenvalue weighted by molar-refractivity contribution is 0.253. The number of benzene rings is 2. The number of nitrogens with one attached hydrogen (secondary N) is 1. The monoisotopic (exact) mass is 367 g/mol. The fourth-order valence-electron chi connectivity index (χ4n) is 2.74. The zero-order valence-electron chi connectivity index (χ0n) is 13.4. The van der Waals surface area contributed by atoms with Gasteiger partial charge in [-0.1, -0.05) is 17.7 Å². The summed E-state index contributed by atoms with van der Waals surface area (Å²) >= 11 is 6.03. The van der Waals surface area contributed by atoms with E-state index in [1.165, 1.54) is 0 Å². The van der Waals surface area contributed by atoms with Gasteiger partial charge in [0.05, 0.1) is 18.0 Å². The summed E-state index contributed by atoms with van der Waals surface area (Å²) in [6, 6.07) is 10.0. The number of ether oxygens (including phenoxy) is 2. The summed E-state index contributed by atoms with van der Waals surface area (Å²) in [5, 5.41) is 0.424. The molecule has 1 atom stereocenters. The van der Waals surface area contributed by atoms with Crippen LogP contribution in [0.2, 0.25) is 5.02 Å². The highest BCUT2D eigenvalue weighted by Crippen LogP contribution is 2.29. The third kappa shape index (κ3) is 3.36. The van der Waals surface area contributed by atoms with E-state index in [0.29, 0.717) is 22.8 Å². The molecule has 0 fully saturated rings. The van der Waals surface area contributed by atoms with Crippen LogP contribution in [0.15, 0.2) is 41.3 Å². The van der Waals surface area contributed by atoms with E-state index in [-0.39, 0.29) is 17.5 Å². The molecular weight excluding hydrogens is 350 g/mol. The van der Waals surface area contributed by atoms with Crippen LogP contribution in [0.4, 0.5) is 0 Å². The molecule has 0 saturated heterocycles. The van der Waals surface area contributed by atoms with Crippen LogP contribution in [-0.4, -0.2) is 28.2 Å². The molecule has 0 unspecified atom stereocenters. The first-order chi connectivity index (χ1) is 11.4. The number of hydrogen-bond donors (Lipinski definition) is 1. The summed E-state index contributed by atoms with van der Waals surface area (Å²) in [5.41, 5.74) is 1.45. The molecule has 0 saturated carbocycles. The van der Waals surface area contributed by atoms with Crippen molar-refractivity contribution in [2.24, 2.45) is 0 Å². The Bertz CT molecular complexity index is 867. The lowest BCUT2D eigenvalue weighted by Crippen LogP contribution is -2.42. The Kier molecular flexibility index (Phi) is 4.71. The third-order valence-electron chi connectivity index (χ3n) is 4.00. The molecule has 1 heterocycles. The Hall–Kier alpha value is -1.76. The van der Waals surface area contributed by atoms with Crippen molar-refractivity contribution >= 4 is 21.6 Å². The van der Waals surface area contributed by atoms with Gasteiger partial charge in [-0.15, -0.1) is 0 Å². The van der Waals surface area contributed by atoms with Gasteiger partial charge in [-0.3, -0.25) is 0 Å². The first-order valence-electron chi connectivity index (χ1n) is 7.48. The first-order valence-corrected chi connectivity index (χ1v) is 9.34. The second kappa shape index (κ2) is 6.63. The average Bonchev–Trinajstić information content (AvgIpc) is 2.56. The van der Waals surface area contributed by atoms with Gasteiger partial charge in [0.2, 0.25) is 10.0 Å². The second-order valence-electron chi connectivity index (χ2n) is 5.67. The van der Waals surface area contributed by atoms with Crippen molar-refractivity contribution in [3.05, 3.63) is 52.5 Å². The number of fused-ring (bicyclic) bond motifs is 1. The van der Waals surface area contributed by atoms with Crippen molar-refractivity contribution in [3.8, 4) is 11.5 Å². The minimum absolute atomic E-state index is 0.187. The summed E-state index contributed by atoms with van der Waals surface area (Å²) in [7, 11) is -2.09. The van der Waals surface area contributed by atoms with Gasteiger partial charge in [0, 0.05) is 5.02 Å². The van der Waals surface area contributed by atoms with Gasteiger partial charge in [0.15, 0.2) is 0 Å². The van der Waals surface area contributed by atoms with E-state index in [9.17, 15) is 8.42 Å². The standard InChI is InChI=1S/C17H18ClNO4S/c1-11-15(18)4-3-5-17(11)24(20,21)19-13-8-12-9-14(22-2)6-7-16(12)23-10-13/h3-7,9,13,19H,8,10H2,1-2H3/t13-/m1/s1. The van der Waals surface area contributed by atoms with Crippen molar-refractivity contribution in [1.82, 2.24) is 4.72 Å². The number of sulfonamides is 1. The molecule has 0 radical (unpaired) electrons. The summed E-state index contributed by atoms with van der Waals surface area (Å²) in [5.74, 6) is 1.47. The van der Waals surface area contributed by atoms with Crippen LogP contribution in [0.25, 0.3) is 0 Å². The van der Waals surface area contributed by atoms with Crippen molar-refractivity contribution in [2.45, 2.75) is 24.3 Å². The van der Waals surface area contributed by atoms with E-state index in [0.717, 1.165) is 11.3 Å². The van der Waals surface area contributed by atoms with Gasteiger partial charge in [-0.05, 0) is 54.8 Å². The summed E-state index contributed by atoms with van der Waals surface area (Å²) in [6.45, 7) is 1.96. The molecule has 2 aromatic carbocycles. The molecule has 1 N–H and O–H groups in total.